The van der Waals surface area contributed by atoms with Crippen LogP contribution in [-0.2, 0) is 4.74 Å². The van der Waals surface area contributed by atoms with Crippen LogP contribution < -0.4 is 5.32 Å². The van der Waals surface area contributed by atoms with Gasteiger partial charge < -0.3 is 15.2 Å². The van der Waals surface area contributed by atoms with Gasteiger partial charge in [-0.1, -0.05) is 11.8 Å². The van der Waals surface area contributed by atoms with Crippen LogP contribution in [0.5, 0.6) is 0 Å². The largest absolute Gasteiger partial charge is 0.384 e. The molecular weight excluding hydrogens is 261 g/mol. The van der Waals surface area contributed by atoms with Gasteiger partial charge in [-0.2, -0.15) is 0 Å². The molecule has 0 bridgehead atoms. The quantitative estimate of drug-likeness (QED) is 0.610. The molecule has 1 rings (SSSR count). The van der Waals surface area contributed by atoms with Crippen molar-refractivity contribution < 1.29 is 19.0 Å². The summed E-state index contributed by atoms with van der Waals surface area (Å²) in [5, 5.41) is 11.2. The van der Waals surface area contributed by atoms with Gasteiger partial charge in [-0.05, 0) is 31.5 Å². The molecule has 0 atom stereocenters. The van der Waals surface area contributed by atoms with Gasteiger partial charge in [0.25, 0.3) is 5.91 Å². The average molecular weight is 279 g/mol. The zero-order chi connectivity index (χ0) is 14.8. The number of amides is 1. The number of carbonyl (C=O) groups is 1. The Bertz CT molecular complexity index is 506. The van der Waals surface area contributed by atoms with Gasteiger partial charge in [-0.25, -0.2) is 4.39 Å². The molecule has 5 heteroatoms. The Morgan fingerprint density at radius 2 is 2.30 bits per heavy atom. The van der Waals surface area contributed by atoms with Gasteiger partial charge in [0.15, 0.2) is 0 Å². The van der Waals surface area contributed by atoms with Crippen molar-refractivity contribution in [1.82, 2.24) is 5.32 Å². The normalized spacial score (nSPS) is 9.75. The first-order chi connectivity index (χ1) is 9.69. The topological polar surface area (TPSA) is 58.6 Å². The fraction of sp³-hybridized carbons (Fsp3) is 0.400. The van der Waals surface area contributed by atoms with Gasteiger partial charge >= 0.3 is 0 Å². The van der Waals surface area contributed by atoms with Crippen molar-refractivity contribution in [2.75, 3.05) is 26.4 Å². The molecule has 0 aliphatic heterocycles. The zero-order valence-electron chi connectivity index (χ0n) is 11.4. The third-order valence-corrected chi connectivity index (χ3v) is 2.48. The highest BCUT2D eigenvalue weighted by atomic mass is 19.1. The van der Waals surface area contributed by atoms with E-state index in [4.69, 9.17) is 9.84 Å². The molecule has 0 aliphatic rings. The number of hydrogen-bond donors (Lipinski definition) is 2. The maximum absolute atomic E-state index is 13.7. The molecule has 20 heavy (non-hydrogen) atoms. The summed E-state index contributed by atoms with van der Waals surface area (Å²) in [5.41, 5.74) is 0.403. The van der Waals surface area contributed by atoms with Crippen molar-refractivity contribution >= 4 is 5.91 Å². The van der Waals surface area contributed by atoms with Crippen LogP contribution in [0.2, 0.25) is 0 Å². The van der Waals surface area contributed by atoms with Crippen LogP contribution in [0.3, 0.4) is 0 Å². The van der Waals surface area contributed by atoms with Gasteiger partial charge in [-0.15, -0.1) is 0 Å². The number of nitrogens with one attached hydrogen (secondary N) is 1. The van der Waals surface area contributed by atoms with Crippen LogP contribution in [0.1, 0.15) is 29.3 Å². The van der Waals surface area contributed by atoms with E-state index >= 15 is 0 Å². The highest BCUT2D eigenvalue weighted by Gasteiger charge is 2.11. The van der Waals surface area contributed by atoms with Crippen molar-refractivity contribution in [2.24, 2.45) is 0 Å². The lowest BCUT2D eigenvalue weighted by Crippen LogP contribution is -2.26. The Kier molecular flexibility index (Phi) is 7.33. The number of benzene rings is 1. The molecule has 108 valence electrons. The summed E-state index contributed by atoms with van der Waals surface area (Å²) in [4.78, 5) is 11.8. The minimum absolute atomic E-state index is 0.0176. The van der Waals surface area contributed by atoms with Crippen LogP contribution >= 0.6 is 0 Å². The first-order valence-electron chi connectivity index (χ1n) is 6.44. The van der Waals surface area contributed by atoms with E-state index in [0.29, 0.717) is 31.7 Å². The summed E-state index contributed by atoms with van der Waals surface area (Å²) in [6.45, 7) is 3.25. The summed E-state index contributed by atoms with van der Waals surface area (Å²) < 4.78 is 18.9. The minimum Gasteiger partial charge on any atom is -0.384 e. The third-order valence-electron chi connectivity index (χ3n) is 2.48. The molecular formula is C15H18FNO3. The number of aliphatic hydroxyl groups excluding tert-OH is 1. The second-order valence-electron chi connectivity index (χ2n) is 3.96. The molecule has 0 aliphatic carbocycles. The van der Waals surface area contributed by atoms with Crippen molar-refractivity contribution in [3.05, 3.63) is 35.1 Å². The lowest BCUT2D eigenvalue weighted by atomic mass is 10.1. The van der Waals surface area contributed by atoms with Gasteiger partial charge in [0.1, 0.15) is 12.4 Å². The fourth-order valence-electron chi connectivity index (χ4n) is 1.53. The highest BCUT2D eigenvalue weighted by molar-refractivity contribution is 5.94. The Hall–Kier alpha value is -1.90. The molecule has 0 unspecified atom stereocenters. The van der Waals surface area contributed by atoms with Crippen molar-refractivity contribution in [3.63, 3.8) is 0 Å². The summed E-state index contributed by atoms with van der Waals surface area (Å²) in [6, 6.07) is 4.10. The van der Waals surface area contributed by atoms with E-state index < -0.39 is 11.7 Å². The summed E-state index contributed by atoms with van der Waals surface area (Å²) in [6.07, 6.45) is 0.682. The van der Waals surface area contributed by atoms with E-state index in [-0.39, 0.29) is 12.2 Å². The first kappa shape index (κ1) is 16.2. The molecule has 0 saturated heterocycles. The van der Waals surface area contributed by atoms with E-state index in [1.54, 1.807) is 6.07 Å². The number of carbonyl (C=O) groups excluding carboxylic acids is 1. The number of halogens is 1. The summed E-state index contributed by atoms with van der Waals surface area (Å²) in [5.74, 6) is 3.91. The Morgan fingerprint density at radius 3 is 2.95 bits per heavy atom. The Labute approximate surface area is 117 Å². The molecule has 1 aromatic rings. The van der Waals surface area contributed by atoms with Gasteiger partial charge in [0.05, 0.1) is 5.56 Å². The summed E-state index contributed by atoms with van der Waals surface area (Å²) >= 11 is 0. The Morgan fingerprint density at radius 1 is 1.50 bits per heavy atom. The molecule has 0 radical (unpaired) electrons. The van der Waals surface area contributed by atoms with E-state index in [1.807, 2.05) is 6.92 Å². The van der Waals surface area contributed by atoms with E-state index in [0.717, 1.165) is 0 Å². The average Bonchev–Trinajstić information content (AvgIpc) is 2.44. The van der Waals surface area contributed by atoms with Crippen LogP contribution in [0.15, 0.2) is 18.2 Å². The molecule has 1 aromatic carbocycles. The maximum atomic E-state index is 13.7. The highest BCUT2D eigenvalue weighted by Crippen LogP contribution is 2.09. The van der Waals surface area contributed by atoms with Crippen LogP contribution in [-0.4, -0.2) is 37.4 Å². The molecule has 0 fully saturated rings. The van der Waals surface area contributed by atoms with Crippen LogP contribution in [0.4, 0.5) is 4.39 Å². The van der Waals surface area contributed by atoms with Crippen molar-refractivity contribution in [1.29, 1.82) is 0 Å². The standard InChI is InChI=1S/C15H18FNO3/c1-2-20-10-4-8-17-15(19)13-7-6-12(5-3-9-18)11-14(13)16/h6-7,11,18H,2,4,8-10H2,1H3,(H,17,19). The second-order valence-corrected chi connectivity index (χ2v) is 3.96. The summed E-state index contributed by atoms with van der Waals surface area (Å²) in [7, 11) is 0. The fourth-order valence-corrected chi connectivity index (χ4v) is 1.53. The van der Waals surface area contributed by atoms with Gasteiger partial charge in [0, 0.05) is 25.3 Å². The van der Waals surface area contributed by atoms with Gasteiger partial charge in [-0.3, -0.25) is 4.79 Å². The maximum Gasteiger partial charge on any atom is 0.254 e. The minimum atomic E-state index is -0.628. The van der Waals surface area contributed by atoms with Crippen LogP contribution in [0, 0.1) is 17.7 Å². The van der Waals surface area contributed by atoms with E-state index in [1.165, 1.54) is 12.1 Å². The molecule has 0 spiro atoms. The lowest BCUT2D eigenvalue weighted by molar-refractivity contribution is 0.0940. The first-order valence-corrected chi connectivity index (χ1v) is 6.44. The number of ether oxygens (including phenoxy) is 1. The van der Waals surface area contributed by atoms with Gasteiger partial charge in [0.2, 0.25) is 0 Å². The number of aliphatic hydroxyl groups is 1. The molecule has 0 saturated carbocycles. The van der Waals surface area contributed by atoms with E-state index in [9.17, 15) is 9.18 Å². The molecule has 1 amide bonds. The molecule has 0 heterocycles. The van der Waals surface area contributed by atoms with Crippen molar-refractivity contribution in [3.8, 4) is 11.8 Å². The third kappa shape index (κ3) is 5.39. The molecule has 4 nitrogen and oxygen atoms in total. The monoisotopic (exact) mass is 279 g/mol. The van der Waals surface area contributed by atoms with E-state index in [2.05, 4.69) is 17.2 Å². The zero-order valence-corrected chi connectivity index (χ0v) is 11.4. The molecule has 2 N–H and O–H groups in total. The number of hydrogen-bond acceptors (Lipinski definition) is 3. The second kappa shape index (κ2) is 9.08. The predicted octanol–water partition coefficient (Wildman–Crippen LogP) is 1.33. The van der Waals surface area contributed by atoms with Crippen LogP contribution in [0.25, 0.3) is 0 Å². The SMILES string of the molecule is CCOCCCNC(=O)c1ccc(C#CCO)cc1F. The van der Waals surface area contributed by atoms with Crippen molar-refractivity contribution in [2.45, 2.75) is 13.3 Å². The smallest absolute Gasteiger partial charge is 0.254 e. The lowest BCUT2D eigenvalue weighted by Gasteiger charge is -2.06. The Balaban J connectivity index is 2.56. The number of rotatable bonds is 6. The predicted molar refractivity (Wildman–Crippen MR) is 73.8 cm³/mol. The molecule has 0 aromatic heterocycles.